The van der Waals surface area contributed by atoms with Crippen LogP contribution < -0.4 is 5.32 Å². The number of aryl methyl sites for hydroxylation is 2. The number of rotatable bonds is 4. The molecule has 142 valence electrons. The van der Waals surface area contributed by atoms with Crippen molar-refractivity contribution in [3.63, 3.8) is 0 Å². The van der Waals surface area contributed by atoms with Crippen LogP contribution >= 0.6 is 0 Å². The zero-order chi connectivity index (χ0) is 19.1. The third kappa shape index (κ3) is 3.72. The Morgan fingerprint density at radius 3 is 2.62 bits per heavy atom. The average Bonchev–Trinajstić information content (AvgIpc) is 2.85. The minimum absolute atomic E-state index is 0.0398. The zero-order valence-corrected chi connectivity index (χ0v) is 15.7. The maximum absolute atomic E-state index is 12.5. The molecule has 2 aliphatic rings. The Kier molecular flexibility index (Phi) is 5.01. The summed E-state index contributed by atoms with van der Waals surface area (Å²) in [4.78, 5) is 27.5. The van der Waals surface area contributed by atoms with E-state index in [0.29, 0.717) is 36.0 Å². The highest BCUT2D eigenvalue weighted by atomic mass is 16.6. The summed E-state index contributed by atoms with van der Waals surface area (Å²) in [6, 6.07) is 3.29. The maximum Gasteiger partial charge on any atom is 0.270 e. The van der Waals surface area contributed by atoms with Gasteiger partial charge < -0.3 is 10.1 Å². The van der Waals surface area contributed by atoms with E-state index in [1.165, 1.54) is 12.1 Å². The van der Waals surface area contributed by atoms with Gasteiger partial charge in [-0.1, -0.05) is 0 Å². The molecule has 1 amide bonds. The van der Waals surface area contributed by atoms with Gasteiger partial charge >= 0.3 is 0 Å². The molecular weight excluding hydrogens is 336 g/mol. The lowest BCUT2D eigenvalue weighted by Gasteiger charge is -2.41. The van der Waals surface area contributed by atoms with Gasteiger partial charge in [-0.05, 0) is 38.8 Å². The van der Waals surface area contributed by atoms with E-state index in [1.54, 1.807) is 13.8 Å². The molecule has 0 saturated carbocycles. The number of nitrogens with one attached hydrogen (secondary N) is 1. The number of anilines is 1. The van der Waals surface area contributed by atoms with Gasteiger partial charge in [0.1, 0.15) is 5.72 Å². The SMILES string of the molecule is Cc1cc([N+](=O)[O-])cc(C)c1NC(=O)CN1CCN2C(COC2(C)C)C1. The quantitative estimate of drug-likeness (QED) is 0.650. The van der Waals surface area contributed by atoms with Crippen molar-refractivity contribution in [2.45, 2.75) is 39.5 Å². The first-order chi connectivity index (χ1) is 12.2. The lowest BCUT2D eigenvalue weighted by Crippen LogP contribution is -2.57. The average molecular weight is 362 g/mol. The molecular formula is C18H26N4O4. The zero-order valence-electron chi connectivity index (χ0n) is 15.7. The molecule has 0 bridgehead atoms. The summed E-state index contributed by atoms with van der Waals surface area (Å²) in [6.07, 6.45) is 0. The molecule has 1 aromatic rings. The highest BCUT2D eigenvalue weighted by Gasteiger charge is 2.43. The molecule has 8 heteroatoms. The molecule has 1 aromatic carbocycles. The largest absolute Gasteiger partial charge is 0.359 e. The molecule has 0 radical (unpaired) electrons. The normalized spacial score (nSPS) is 22.8. The highest BCUT2D eigenvalue weighted by Crippen LogP contribution is 2.30. The number of non-ortho nitro benzene ring substituents is 1. The Bertz CT molecular complexity index is 711. The number of nitrogens with zero attached hydrogens (tertiary/aromatic N) is 3. The van der Waals surface area contributed by atoms with Crippen molar-refractivity contribution in [2.24, 2.45) is 0 Å². The predicted octanol–water partition coefficient (Wildman–Crippen LogP) is 1.90. The van der Waals surface area contributed by atoms with E-state index < -0.39 is 4.92 Å². The number of hydrogen-bond donors (Lipinski definition) is 1. The lowest BCUT2D eigenvalue weighted by atomic mass is 10.1. The second kappa shape index (κ2) is 6.94. The maximum atomic E-state index is 12.5. The van der Waals surface area contributed by atoms with Gasteiger partial charge in [-0.25, -0.2) is 0 Å². The van der Waals surface area contributed by atoms with E-state index in [4.69, 9.17) is 4.74 Å². The Balaban J connectivity index is 1.61. The molecule has 0 spiro atoms. The van der Waals surface area contributed by atoms with Crippen LogP contribution in [0.3, 0.4) is 0 Å². The molecule has 2 saturated heterocycles. The summed E-state index contributed by atoms with van der Waals surface area (Å²) in [5.41, 5.74) is 1.86. The first-order valence-electron chi connectivity index (χ1n) is 8.86. The Labute approximate surface area is 153 Å². The molecule has 1 N–H and O–H groups in total. The van der Waals surface area contributed by atoms with E-state index in [1.807, 2.05) is 0 Å². The topological polar surface area (TPSA) is 88.0 Å². The van der Waals surface area contributed by atoms with Crippen LogP contribution in [0.5, 0.6) is 0 Å². The van der Waals surface area contributed by atoms with Crippen molar-refractivity contribution < 1.29 is 14.5 Å². The number of piperazine rings is 1. The van der Waals surface area contributed by atoms with Crippen molar-refractivity contribution in [3.05, 3.63) is 33.4 Å². The minimum atomic E-state index is -0.420. The van der Waals surface area contributed by atoms with Crippen molar-refractivity contribution in [1.29, 1.82) is 0 Å². The summed E-state index contributed by atoms with van der Waals surface area (Å²) in [5, 5.41) is 13.9. The molecule has 26 heavy (non-hydrogen) atoms. The van der Waals surface area contributed by atoms with Gasteiger partial charge in [0.15, 0.2) is 0 Å². The Morgan fingerprint density at radius 1 is 1.35 bits per heavy atom. The molecule has 0 aromatic heterocycles. The van der Waals surface area contributed by atoms with Gasteiger partial charge in [0.05, 0.1) is 18.1 Å². The number of hydrogen-bond acceptors (Lipinski definition) is 6. The number of ether oxygens (including phenoxy) is 1. The third-order valence-corrected chi connectivity index (χ3v) is 5.25. The van der Waals surface area contributed by atoms with Crippen molar-refractivity contribution in [1.82, 2.24) is 9.80 Å². The minimum Gasteiger partial charge on any atom is -0.359 e. The van der Waals surface area contributed by atoms with Crippen LogP contribution in [0.15, 0.2) is 12.1 Å². The van der Waals surface area contributed by atoms with Gasteiger partial charge in [-0.2, -0.15) is 0 Å². The van der Waals surface area contributed by atoms with E-state index in [9.17, 15) is 14.9 Å². The molecule has 2 heterocycles. The molecule has 2 aliphatic heterocycles. The van der Waals surface area contributed by atoms with Gasteiger partial charge in [0.25, 0.3) is 5.69 Å². The van der Waals surface area contributed by atoms with Crippen LogP contribution in [-0.4, -0.2) is 65.2 Å². The summed E-state index contributed by atoms with van der Waals surface area (Å²) in [7, 11) is 0. The standard InChI is InChI=1S/C18H26N4O4/c1-12-7-14(22(24)25)8-13(2)17(12)19-16(23)10-20-5-6-21-15(9-20)11-26-18(21,3)4/h7-8,15H,5-6,9-11H2,1-4H3,(H,19,23). The summed E-state index contributed by atoms with van der Waals surface area (Å²) < 4.78 is 5.84. The van der Waals surface area contributed by atoms with Gasteiger partial charge in [0.2, 0.25) is 5.91 Å². The second-order valence-electron chi connectivity index (χ2n) is 7.60. The number of carbonyl (C=O) groups is 1. The Morgan fingerprint density at radius 2 is 2.00 bits per heavy atom. The number of amides is 1. The number of fused-ring (bicyclic) bond motifs is 1. The predicted molar refractivity (Wildman–Crippen MR) is 98.2 cm³/mol. The summed E-state index contributed by atoms with van der Waals surface area (Å²) in [6.45, 7) is 11.2. The van der Waals surface area contributed by atoms with E-state index in [-0.39, 0.29) is 17.3 Å². The first kappa shape index (κ1) is 18.8. The lowest BCUT2D eigenvalue weighted by molar-refractivity contribution is -0.384. The number of nitro groups is 1. The van der Waals surface area contributed by atoms with Crippen LogP contribution in [0, 0.1) is 24.0 Å². The van der Waals surface area contributed by atoms with Crippen LogP contribution in [0.1, 0.15) is 25.0 Å². The van der Waals surface area contributed by atoms with E-state index in [0.717, 1.165) is 19.6 Å². The van der Waals surface area contributed by atoms with Gasteiger partial charge in [-0.15, -0.1) is 0 Å². The summed E-state index contributed by atoms with van der Waals surface area (Å²) in [5.74, 6) is -0.100. The third-order valence-electron chi connectivity index (χ3n) is 5.25. The smallest absolute Gasteiger partial charge is 0.270 e. The molecule has 1 unspecified atom stereocenters. The van der Waals surface area contributed by atoms with E-state index in [2.05, 4.69) is 29.0 Å². The van der Waals surface area contributed by atoms with Gasteiger partial charge in [0, 0.05) is 43.5 Å². The fourth-order valence-electron chi connectivity index (χ4n) is 3.92. The van der Waals surface area contributed by atoms with E-state index >= 15 is 0 Å². The number of carbonyl (C=O) groups excluding carboxylic acids is 1. The molecule has 3 rings (SSSR count). The van der Waals surface area contributed by atoms with Crippen molar-refractivity contribution >= 4 is 17.3 Å². The first-order valence-corrected chi connectivity index (χ1v) is 8.86. The second-order valence-corrected chi connectivity index (χ2v) is 7.60. The Hall–Kier alpha value is -2.03. The van der Waals surface area contributed by atoms with Crippen LogP contribution in [-0.2, 0) is 9.53 Å². The number of benzene rings is 1. The van der Waals surface area contributed by atoms with Crippen molar-refractivity contribution in [2.75, 3.05) is 38.1 Å². The fraction of sp³-hybridized carbons (Fsp3) is 0.611. The van der Waals surface area contributed by atoms with Crippen LogP contribution in [0.2, 0.25) is 0 Å². The van der Waals surface area contributed by atoms with Crippen LogP contribution in [0.4, 0.5) is 11.4 Å². The molecule has 2 fully saturated rings. The fourth-order valence-corrected chi connectivity index (χ4v) is 3.92. The monoisotopic (exact) mass is 362 g/mol. The van der Waals surface area contributed by atoms with Crippen molar-refractivity contribution in [3.8, 4) is 0 Å². The molecule has 0 aliphatic carbocycles. The molecule has 8 nitrogen and oxygen atoms in total. The molecule has 1 atom stereocenters. The highest BCUT2D eigenvalue weighted by molar-refractivity contribution is 5.94. The number of nitro benzene ring substituents is 1. The van der Waals surface area contributed by atoms with Crippen LogP contribution in [0.25, 0.3) is 0 Å². The summed E-state index contributed by atoms with van der Waals surface area (Å²) >= 11 is 0. The van der Waals surface area contributed by atoms with Gasteiger partial charge in [-0.3, -0.25) is 24.7 Å².